The highest BCUT2D eigenvalue weighted by atomic mass is 31.2. The molecule has 0 amide bonds. The molecule has 0 aromatic heterocycles. The van der Waals surface area contributed by atoms with Crippen LogP contribution in [-0.4, -0.2) is 65.3 Å². The van der Waals surface area contributed by atoms with E-state index in [0.717, 1.165) is 27.1 Å². The van der Waals surface area contributed by atoms with Crippen LogP contribution in [0.1, 0.15) is 109 Å². The zero-order chi connectivity index (χ0) is 58.1. The molecule has 0 aliphatic rings. The number of carbonyl (C=O) groups is 3. The van der Waals surface area contributed by atoms with Crippen molar-refractivity contribution in [2.45, 2.75) is 139 Å². The van der Waals surface area contributed by atoms with Crippen molar-refractivity contribution in [2.75, 3.05) is 19.4 Å². The Morgan fingerprint density at radius 2 is 0.962 bits per heavy atom. The van der Waals surface area contributed by atoms with E-state index in [-0.39, 0.29) is 36.4 Å². The van der Waals surface area contributed by atoms with Gasteiger partial charge in [0, 0.05) is 22.1 Å². The molecule has 0 fully saturated rings. The number of benzene rings is 6. The molecule has 3 unspecified atom stereocenters. The van der Waals surface area contributed by atoms with Gasteiger partial charge in [-0.25, -0.2) is 10.2 Å². The van der Waals surface area contributed by atoms with Crippen molar-refractivity contribution in [3.63, 3.8) is 0 Å². The first-order valence-electron chi connectivity index (χ1n) is 26.4. The van der Waals surface area contributed by atoms with Crippen molar-refractivity contribution in [1.82, 2.24) is 10.2 Å². The summed E-state index contributed by atoms with van der Waals surface area (Å²) >= 11 is 0. The molecular weight excluding hydrogens is 1050 g/mol. The first-order chi connectivity index (χ1) is 36.4. The monoisotopic (exact) mass is 1130 g/mol. The van der Waals surface area contributed by atoms with Gasteiger partial charge < -0.3 is 27.8 Å². The first-order valence-corrected chi connectivity index (χ1v) is 31.5. The highest BCUT2D eigenvalue weighted by Crippen LogP contribution is 2.60. The van der Waals surface area contributed by atoms with E-state index in [4.69, 9.17) is 27.8 Å². The zero-order valence-corrected chi connectivity index (χ0v) is 50.9. The minimum Gasteiger partial charge on any atom is -0.465 e. The molecule has 6 aromatic rings. The third-order valence-corrected chi connectivity index (χ3v) is 21.2. The average Bonchev–Trinajstić information content (AvgIpc) is 3.40. The SMILES string of the molecule is CC(C)P(=O)(N[C@H](C)C(=O)OCC(C)(C)C)Oc1cccc2ccccc12.CCOC(=O)[C@@H](C)NP(=O)(Oc1ccccc1)C(C)(C)C.C[C@@H](CP(=O)(Oc1cccc2ccccc12)C(C)(C)C)C(=O)OCc1ccccc1. The molecule has 2 N–H and O–H groups in total. The summed E-state index contributed by atoms with van der Waals surface area (Å²) in [5.74, 6) is -0.187. The summed E-state index contributed by atoms with van der Waals surface area (Å²) in [6.45, 7) is 28.2. The topological polar surface area (TPSA) is 182 Å². The molecule has 6 atom stereocenters. The lowest BCUT2D eigenvalue weighted by Crippen LogP contribution is -2.39. The minimum absolute atomic E-state index is 0.118. The van der Waals surface area contributed by atoms with E-state index >= 15 is 0 Å². The molecule has 0 heterocycles. The maximum Gasteiger partial charge on any atom is 0.323 e. The molecule has 0 saturated heterocycles. The van der Waals surface area contributed by atoms with Crippen LogP contribution in [0.3, 0.4) is 0 Å². The van der Waals surface area contributed by atoms with Gasteiger partial charge in [-0.2, -0.15) is 0 Å². The molecule has 14 nitrogen and oxygen atoms in total. The normalized spacial score (nSPS) is 15.2. The maximum absolute atomic E-state index is 14.0. The summed E-state index contributed by atoms with van der Waals surface area (Å²) in [6.07, 6.45) is 0.118. The van der Waals surface area contributed by atoms with E-state index in [0.29, 0.717) is 23.9 Å². The highest BCUT2D eigenvalue weighted by Gasteiger charge is 2.43. The fourth-order valence-corrected chi connectivity index (χ4v) is 12.8. The molecule has 0 aliphatic heterocycles. The maximum atomic E-state index is 14.0. The third-order valence-electron chi connectivity index (χ3n) is 12.1. The minimum atomic E-state index is -3.34. The summed E-state index contributed by atoms with van der Waals surface area (Å²) in [6, 6.07) is 43.9. The van der Waals surface area contributed by atoms with Gasteiger partial charge in [0.05, 0.1) is 29.9 Å². The van der Waals surface area contributed by atoms with Crippen LogP contribution in [0.25, 0.3) is 21.5 Å². The van der Waals surface area contributed by atoms with Crippen molar-refractivity contribution in [1.29, 1.82) is 0 Å². The molecule has 0 aliphatic carbocycles. The van der Waals surface area contributed by atoms with Crippen molar-refractivity contribution in [3.8, 4) is 17.2 Å². The fraction of sp³-hybridized carbons (Fsp3) is 0.426. The molecule has 0 spiro atoms. The number of hydrogen-bond acceptors (Lipinski definition) is 12. The number of hydrogen-bond donors (Lipinski definition) is 2. The van der Waals surface area contributed by atoms with Crippen molar-refractivity contribution in [3.05, 3.63) is 151 Å². The van der Waals surface area contributed by atoms with Crippen LogP contribution in [0.4, 0.5) is 0 Å². The van der Waals surface area contributed by atoms with Gasteiger partial charge in [-0.05, 0) is 87.6 Å². The van der Waals surface area contributed by atoms with Gasteiger partial charge in [-0.15, -0.1) is 0 Å². The summed E-state index contributed by atoms with van der Waals surface area (Å²) in [5, 5.41) is 8.24. The number of carbonyl (C=O) groups excluding carboxylic acids is 3. The van der Waals surface area contributed by atoms with Crippen LogP contribution in [-0.2, 0) is 48.9 Å². The van der Waals surface area contributed by atoms with Gasteiger partial charge in [0.25, 0.3) is 7.37 Å². The average molecular weight is 1130 g/mol. The van der Waals surface area contributed by atoms with Gasteiger partial charge >= 0.3 is 32.9 Å². The smallest absolute Gasteiger partial charge is 0.323 e. The number of rotatable bonds is 20. The number of nitrogens with one attached hydrogen (secondary N) is 2. The summed E-state index contributed by atoms with van der Waals surface area (Å²) in [5.41, 5.74) is 0.481. The van der Waals surface area contributed by atoms with Crippen molar-refractivity contribution < 1.29 is 55.9 Å². The molecule has 424 valence electrons. The molecule has 0 saturated carbocycles. The summed E-state index contributed by atoms with van der Waals surface area (Å²) < 4.78 is 74.3. The Labute approximate surface area is 463 Å². The largest absolute Gasteiger partial charge is 0.465 e. The van der Waals surface area contributed by atoms with E-state index in [9.17, 15) is 28.1 Å². The summed E-state index contributed by atoms with van der Waals surface area (Å²) in [4.78, 5) is 36.6. The predicted octanol–water partition coefficient (Wildman–Crippen LogP) is 15.7. The number of fused-ring (bicyclic) bond motifs is 2. The van der Waals surface area contributed by atoms with Crippen LogP contribution in [0.5, 0.6) is 17.2 Å². The van der Waals surface area contributed by atoms with Crippen LogP contribution in [0.15, 0.2) is 146 Å². The lowest BCUT2D eigenvalue weighted by molar-refractivity contribution is -0.149. The highest BCUT2D eigenvalue weighted by molar-refractivity contribution is 7.61. The van der Waals surface area contributed by atoms with Crippen molar-refractivity contribution >= 4 is 61.9 Å². The fourth-order valence-electron chi connectivity index (χ4n) is 7.19. The molecule has 6 aromatic carbocycles. The lowest BCUT2D eigenvalue weighted by Gasteiger charge is -2.33. The van der Waals surface area contributed by atoms with E-state index in [1.165, 1.54) is 0 Å². The molecular formula is C61H83N2O12P3. The summed E-state index contributed by atoms with van der Waals surface area (Å²) in [7, 11) is -9.89. The Balaban J connectivity index is 0.000000257. The number of ether oxygens (including phenoxy) is 3. The van der Waals surface area contributed by atoms with Gasteiger partial charge in [-0.3, -0.25) is 28.1 Å². The molecule has 17 heteroatoms. The van der Waals surface area contributed by atoms with E-state index in [1.54, 1.807) is 58.0 Å². The molecule has 0 radical (unpaired) electrons. The number of para-hydroxylation sites is 1. The van der Waals surface area contributed by atoms with Crippen LogP contribution >= 0.6 is 22.4 Å². The van der Waals surface area contributed by atoms with Crippen LogP contribution in [0.2, 0.25) is 0 Å². The van der Waals surface area contributed by atoms with Gasteiger partial charge in [-0.1, -0.05) is 184 Å². The molecule has 6 rings (SSSR count). The standard InChI is InChI=1S/C25H29O4P.C21H30NO4P.C15H24NO4P/c1-19(24(26)28-17-20-11-6-5-7-12-20)18-30(27,25(2,3)4)29-23-16-10-14-21-13-8-9-15-22(21)23;1-15(2)27(24,22-16(3)20(23)25-14-21(4,5)6)26-19-13-9-11-17-10-7-8-12-18(17)19;1-6-19-14(17)12(2)16-21(18,15(3,4)5)20-13-10-8-7-9-11-13/h5-16,19H,17-18H2,1-4H3;7-13,15-16H,14H2,1-6H3,(H,22,24);7-12H,6H2,1-5H3,(H,16,18)/t19-,30?;16-,27?;12-,21?/m011/s1. The van der Waals surface area contributed by atoms with Crippen LogP contribution in [0, 0.1) is 11.3 Å². The zero-order valence-electron chi connectivity index (χ0n) is 48.2. The number of esters is 3. The Hall–Kier alpha value is -5.74. The van der Waals surface area contributed by atoms with Gasteiger partial charge in [0.15, 0.2) is 0 Å². The van der Waals surface area contributed by atoms with Gasteiger partial charge in [0.2, 0.25) is 0 Å². The first kappa shape index (κ1) is 64.8. The molecule has 0 bridgehead atoms. The Morgan fingerprint density at radius 3 is 1.45 bits per heavy atom. The van der Waals surface area contributed by atoms with E-state index in [1.807, 2.05) is 191 Å². The van der Waals surface area contributed by atoms with Crippen LogP contribution < -0.4 is 23.7 Å². The second-order valence-corrected chi connectivity index (χ2v) is 31.4. The van der Waals surface area contributed by atoms with Gasteiger partial charge in [0.1, 0.15) is 35.9 Å². The third kappa shape index (κ3) is 19.3. The Morgan fingerprint density at radius 1 is 0.500 bits per heavy atom. The molecule has 78 heavy (non-hydrogen) atoms. The predicted molar refractivity (Wildman–Crippen MR) is 316 cm³/mol. The van der Waals surface area contributed by atoms with Crippen molar-refractivity contribution in [2.24, 2.45) is 11.3 Å². The Bertz CT molecular complexity index is 3030. The van der Waals surface area contributed by atoms with E-state index in [2.05, 4.69) is 10.2 Å². The quantitative estimate of drug-likeness (QED) is 0.0418. The lowest BCUT2D eigenvalue weighted by atomic mass is 9.99. The Kier molecular flexibility index (Phi) is 23.6. The second-order valence-electron chi connectivity index (χ2n) is 22.6. The van der Waals surface area contributed by atoms with E-state index < -0.39 is 62.7 Å². The second kappa shape index (κ2) is 28.4.